The molecule has 1 heterocycles. The summed E-state index contributed by atoms with van der Waals surface area (Å²) in [5, 5.41) is 0.500. The molecule has 7 nitrogen and oxygen atoms in total. The van der Waals surface area contributed by atoms with Crippen molar-refractivity contribution in [3.05, 3.63) is 64.7 Å². The third-order valence-electron chi connectivity index (χ3n) is 4.61. The fourth-order valence-corrected chi connectivity index (χ4v) is 4.89. The Kier molecular flexibility index (Phi) is 6.92. The molecule has 1 aliphatic rings. The second-order valence-corrected chi connectivity index (χ2v) is 9.48. The lowest BCUT2D eigenvalue weighted by Crippen LogP contribution is -2.48. The second-order valence-electron chi connectivity index (χ2n) is 7.11. The van der Waals surface area contributed by atoms with E-state index in [1.165, 1.54) is 28.6 Å². The summed E-state index contributed by atoms with van der Waals surface area (Å²) in [6.07, 6.45) is -0.396. The topological polar surface area (TPSA) is 90.0 Å². The Bertz CT molecular complexity index is 1010. The van der Waals surface area contributed by atoms with Gasteiger partial charge in [-0.25, -0.2) is 13.2 Å². The summed E-state index contributed by atoms with van der Waals surface area (Å²) in [6.45, 7) is 3.75. The first-order valence-electron chi connectivity index (χ1n) is 9.38. The number of esters is 1. The molecule has 0 aromatic heterocycles. The van der Waals surface area contributed by atoms with Crippen molar-refractivity contribution in [2.45, 2.75) is 31.0 Å². The predicted octanol–water partition coefficient (Wildman–Crippen LogP) is 3.18. The third-order valence-corrected chi connectivity index (χ3v) is 6.71. The lowest BCUT2D eigenvalue weighted by Gasteiger charge is -2.34. The highest BCUT2D eigenvalue weighted by Crippen LogP contribution is 2.21. The standard InChI is InChI=1S/C21H22ClNO6S/c1-14-11-23(12-15(2)29-14)30(26,27)19-9-5-17(6-10-19)21(25)28-13-20(24)16-3-7-18(22)8-4-16/h3-10,14-15H,11-13H2,1-2H3. The number of ether oxygens (including phenoxy) is 2. The maximum atomic E-state index is 12.9. The fraction of sp³-hybridized carbons (Fsp3) is 0.333. The van der Waals surface area contributed by atoms with Gasteiger partial charge in [-0.2, -0.15) is 4.31 Å². The number of Topliss-reactive ketones (excluding diaryl/α,β-unsaturated/α-hetero) is 1. The Morgan fingerprint density at radius 3 is 2.10 bits per heavy atom. The van der Waals surface area contributed by atoms with Crippen LogP contribution in [0, 0.1) is 0 Å². The van der Waals surface area contributed by atoms with Crippen LogP contribution in [0.4, 0.5) is 0 Å². The summed E-state index contributed by atoms with van der Waals surface area (Å²) in [7, 11) is -3.70. The third kappa shape index (κ3) is 5.26. The number of sulfonamides is 1. The van der Waals surface area contributed by atoms with Gasteiger partial charge in [-0.3, -0.25) is 4.79 Å². The molecule has 0 bridgehead atoms. The van der Waals surface area contributed by atoms with Crippen molar-refractivity contribution in [2.75, 3.05) is 19.7 Å². The molecule has 0 N–H and O–H groups in total. The van der Waals surface area contributed by atoms with Gasteiger partial charge in [0.15, 0.2) is 12.4 Å². The molecule has 1 aliphatic heterocycles. The zero-order valence-electron chi connectivity index (χ0n) is 16.6. The fourth-order valence-electron chi connectivity index (χ4n) is 3.17. The highest BCUT2D eigenvalue weighted by Gasteiger charge is 2.32. The molecule has 0 aliphatic carbocycles. The van der Waals surface area contributed by atoms with Gasteiger partial charge in [0.2, 0.25) is 10.0 Å². The number of hydrogen-bond acceptors (Lipinski definition) is 6. The summed E-state index contributed by atoms with van der Waals surface area (Å²) in [5.41, 5.74) is 0.532. The van der Waals surface area contributed by atoms with Crippen LogP contribution >= 0.6 is 11.6 Å². The quantitative estimate of drug-likeness (QED) is 0.495. The van der Waals surface area contributed by atoms with E-state index in [4.69, 9.17) is 21.1 Å². The zero-order valence-corrected chi connectivity index (χ0v) is 18.2. The van der Waals surface area contributed by atoms with E-state index in [1.54, 1.807) is 24.3 Å². The van der Waals surface area contributed by atoms with Crippen molar-refractivity contribution in [2.24, 2.45) is 0 Å². The number of benzene rings is 2. The minimum Gasteiger partial charge on any atom is -0.454 e. The van der Waals surface area contributed by atoms with Crippen LogP contribution in [0.15, 0.2) is 53.4 Å². The molecule has 2 aromatic rings. The molecule has 2 unspecified atom stereocenters. The van der Waals surface area contributed by atoms with Gasteiger partial charge in [-0.15, -0.1) is 0 Å². The van der Waals surface area contributed by atoms with Crippen molar-refractivity contribution in [1.82, 2.24) is 4.31 Å². The van der Waals surface area contributed by atoms with Crippen molar-refractivity contribution in [3.63, 3.8) is 0 Å². The number of ketones is 1. The van der Waals surface area contributed by atoms with Gasteiger partial charge in [0.05, 0.1) is 22.7 Å². The molecule has 2 atom stereocenters. The van der Waals surface area contributed by atoms with Crippen molar-refractivity contribution in [3.8, 4) is 0 Å². The molecule has 0 saturated carbocycles. The minimum absolute atomic E-state index is 0.0811. The molecular weight excluding hydrogens is 430 g/mol. The Morgan fingerprint density at radius 1 is 1.00 bits per heavy atom. The van der Waals surface area contributed by atoms with Crippen LogP contribution in [0.25, 0.3) is 0 Å². The minimum atomic E-state index is -3.70. The lowest BCUT2D eigenvalue weighted by atomic mass is 10.1. The number of nitrogens with zero attached hydrogens (tertiary/aromatic N) is 1. The van der Waals surface area contributed by atoms with Crippen molar-refractivity contribution >= 4 is 33.4 Å². The van der Waals surface area contributed by atoms with Gasteiger partial charge in [0.25, 0.3) is 0 Å². The number of carbonyl (C=O) groups excluding carboxylic acids is 2. The van der Waals surface area contributed by atoms with Crippen LogP contribution < -0.4 is 0 Å². The average Bonchev–Trinajstić information content (AvgIpc) is 2.71. The van der Waals surface area contributed by atoms with Gasteiger partial charge in [0.1, 0.15) is 0 Å². The molecule has 1 saturated heterocycles. The van der Waals surface area contributed by atoms with Crippen LogP contribution in [-0.2, 0) is 19.5 Å². The van der Waals surface area contributed by atoms with Gasteiger partial charge >= 0.3 is 5.97 Å². The molecule has 9 heteroatoms. The summed E-state index contributed by atoms with van der Waals surface area (Å²) in [4.78, 5) is 24.4. The van der Waals surface area contributed by atoms with E-state index in [2.05, 4.69) is 0 Å². The Labute approximate surface area is 180 Å². The molecule has 0 spiro atoms. The number of morpholine rings is 1. The van der Waals surface area contributed by atoms with Gasteiger partial charge in [-0.05, 0) is 62.4 Å². The summed E-state index contributed by atoms with van der Waals surface area (Å²) in [5.74, 6) is -1.08. The zero-order chi connectivity index (χ0) is 21.9. The van der Waals surface area contributed by atoms with E-state index in [9.17, 15) is 18.0 Å². The molecule has 3 rings (SSSR count). The summed E-state index contributed by atoms with van der Waals surface area (Å²) >= 11 is 5.78. The van der Waals surface area contributed by atoms with Gasteiger partial charge in [0, 0.05) is 23.7 Å². The number of hydrogen-bond donors (Lipinski definition) is 0. The van der Waals surface area contributed by atoms with Crippen LogP contribution in [-0.4, -0.2) is 56.4 Å². The Morgan fingerprint density at radius 2 is 1.53 bits per heavy atom. The van der Waals surface area contributed by atoms with Gasteiger partial charge in [-0.1, -0.05) is 11.6 Å². The maximum Gasteiger partial charge on any atom is 0.338 e. The first-order valence-corrected chi connectivity index (χ1v) is 11.2. The van der Waals surface area contributed by atoms with E-state index in [0.29, 0.717) is 10.6 Å². The van der Waals surface area contributed by atoms with E-state index in [1.807, 2.05) is 13.8 Å². The van der Waals surface area contributed by atoms with Crippen LogP contribution in [0.2, 0.25) is 5.02 Å². The maximum absolute atomic E-state index is 12.9. The number of halogens is 1. The number of carbonyl (C=O) groups is 2. The smallest absolute Gasteiger partial charge is 0.338 e. The molecular formula is C21H22ClNO6S. The predicted molar refractivity (Wildman–Crippen MR) is 111 cm³/mol. The highest BCUT2D eigenvalue weighted by atomic mass is 35.5. The first kappa shape index (κ1) is 22.4. The Hall–Kier alpha value is -2.26. The van der Waals surface area contributed by atoms with Crippen molar-refractivity contribution < 1.29 is 27.5 Å². The Balaban J connectivity index is 1.64. The van der Waals surface area contributed by atoms with E-state index in [-0.39, 0.29) is 41.5 Å². The summed E-state index contributed by atoms with van der Waals surface area (Å²) in [6, 6.07) is 11.7. The monoisotopic (exact) mass is 451 g/mol. The highest BCUT2D eigenvalue weighted by molar-refractivity contribution is 7.89. The SMILES string of the molecule is CC1CN(S(=O)(=O)c2ccc(C(=O)OCC(=O)c3ccc(Cl)cc3)cc2)CC(C)O1. The van der Waals surface area contributed by atoms with Gasteiger partial charge < -0.3 is 9.47 Å². The molecule has 0 amide bonds. The number of rotatable bonds is 6. The van der Waals surface area contributed by atoms with E-state index >= 15 is 0 Å². The molecule has 1 fully saturated rings. The van der Waals surface area contributed by atoms with Crippen LogP contribution in [0.3, 0.4) is 0 Å². The van der Waals surface area contributed by atoms with Crippen LogP contribution in [0.5, 0.6) is 0 Å². The van der Waals surface area contributed by atoms with Crippen molar-refractivity contribution in [1.29, 1.82) is 0 Å². The molecule has 160 valence electrons. The molecule has 30 heavy (non-hydrogen) atoms. The lowest BCUT2D eigenvalue weighted by molar-refractivity contribution is -0.0440. The first-order chi connectivity index (χ1) is 14.2. The van der Waals surface area contributed by atoms with E-state index in [0.717, 1.165) is 0 Å². The second kappa shape index (κ2) is 9.26. The van der Waals surface area contributed by atoms with Crippen LogP contribution in [0.1, 0.15) is 34.6 Å². The van der Waals surface area contributed by atoms with E-state index < -0.39 is 22.6 Å². The molecule has 0 radical (unpaired) electrons. The average molecular weight is 452 g/mol. The summed E-state index contributed by atoms with van der Waals surface area (Å²) < 4.78 is 37.7. The normalized spacial score (nSPS) is 20.0. The largest absolute Gasteiger partial charge is 0.454 e. The molecule has 2 aromatic carbocycles.